The first-order valence-corrected chi connectivity index (χ1v) is 15.6. The number of amides is 1. The predicted molar refractivity (Wildman–Crippen MR) is 151 cm³/mol. The van der Waals surface area contributed by atoms with Crippen LogP contribution < -0.4 is 5.32 Å². The molecule has 1 fully saturated rings. The molecule has 1 atom stereocenters. The van der Waals surface area contributed by atoms with E-state index in [1.165, 1.54) is 12.1 Å². The standard InChI is InChI=1S/C27H22Cl2F4N2O3S2/c28-21-11-16(12-22(29)24(21)30)26(27(31,32)33)13-23(35-39-26)19-7-8-20(18-4-2-1-3-17(18)19)25(36)34-9-10-40(37,38)14-15-5-6-15/h1-4,7-8,11-12,15H,5-6,9-10,13-14H2,(H,34,36). The molecular weight excluding hydrogens is 611 g/mol. The van der Waals surface area contributed by atoms with E-state index in [0.29, 0.717) is 28.3 Å². The van der Waals surface area contributed by atoms with Gasteiger partial charge >= 0.3 is 6.18 Å². The Balaban J connectivity index is 1.42. The fourth-order valence-corrected chi connectivity index (χ4v) is 7.80. The number of hydrogen-bond donors (Lipinski definition) is 1. The molecule has 0 aromatic heterocycles. The maximum absolute atomic E-state index is 14.5. The molecule has 212 valence electrons. The van der Waals surface area contributed by atoms with Gasteiger partial charge in [-0.2, -0.15) is 13.2 Å². The smallest absolute Gasteiger partial charge is 0.351 e. The summed E-state index contributed by atoms with van der Waals surface area (Å²) >= 11 is 12.0. The van der Waals surface area contributed by atoms with Gasteiger partial charge in [-0.05, 0) is 65.2 Å². The fourth-order valence-electron chi connectivity index (χ4n) is 4.73. The van der Waals surface area contributed by atoms with Gasteiger partial charge in [-0.25, -0.2) is 17.2 Å². The molecule has 0 spiro atoms. The Kier molecular flexibility index (Phi) is 7.88. The summed E-state index contributed by atoms with van der Waals surface area (Å²) in [6.07, 6.45) is -3.55. The molecule has 1 aliphatic heterocycles. The van der Waals surface area contributed by atoms with Crippen molar-refractivity contribution >= 4 is 67.4 Å². The van der Waals surface area contributed by atoms with E-state index in [2.05, 4.69) is 9.71 Å². The van der Waals surface area contributed by atoms with Gasteiger partial charge in [0.1, 0.15) is 0 Å². The third-order valence-electron chi connectivity index (χ3n) is 7.00. The molecule has 5 nitrogen and oxygen atoms in total. The van der Waals surface area contributed by atoms with E-state index >= 15 is 0 Å². The zero-order chi connectivity index (χ0) is 28.9. The number of hydrogen-bond acceptors (Lipinski definition) is 5. The lowest BCUT2D eigenvalue weighted by molar-refractivity contribution is -0.159. The van der Waals surface area contributed by atoms with E-state index in [0.717, 1.165) is 25.0 Å². The first kappa shape index (κ1) is 29.2. The van der Waals surface area contributed by atoms with Crippen LogP contribution in [-0.2, 0) is 14.6 Å². The second-order valence-corrected chi connectivity index (χ2v) is 14.0. The number of carbonyl (C=O) groups is 1. The van der Waals surface area contributed by atoms with Gasteiger partial charge in [0.25, 0.3) is 5.91 Å². The van der Waals surface area contributed by atoms with Crippen molar-refractivity contribution in [2.24, 2.45) is 10.3 Å². The second-order valence-electron chi connectivity index (χ2n) is 9.90. The molecule has 3 aromatic rings. The number of benzene rings is 3. The highest BCUT2D eigenvalue weighted by Crippen LogP contribution is 2.57. The normalized spacial score (nSPS) is 19.6. The minimum Gasteiger partial charge on any atom is -0.351 e. The summed E-state index contributed by atoms with van der Waals surface area (Å²) in [5.74, 6) is -1.34. The Hall–Kier alpha value is -2.34. The highest BCUT2D eigenvalue weighted by atomic mass is 35.5. The Morgan fingerprint density at radius 1 is 1.07 bits per heavy atom. The van der Waals surface area contributed by atoms with Crippen LogP contribution in [0.1, 0.15) is 40.7 Å². The molecule has 0 radical (unpaired) electrons. The zero-order valence-corrected chi connectivity index (χ0v) is 23.8. The Bertz CT molecular complexity index is 1620. The Morgan fingerprint density at radius 3 is 2.35 bits per heavy atom. The summed E-state index contributed by atoms with van der Waals surface area (Å²) in [7, 11) is -3.27. The van der Waals surface area contributed by atoms with Crippen LogP contribution in [0.5, 0.6) is 0 Å². The van der Waals surface area contributed by atoms with Crippen LogP contribution in [0.4, 0.5) is 17.6 Å². The fraction of sp³-hybridized carbons (Fsp3) is 0.333. The van der Waals surface area contributed by atoms with Crippen LogP contribution >= 0.6 is 35.1 Å². The molecule has 1 unspecified atom stereocenters. The molecule has 0 bridgehead atoms. The molecule has 0 saturated heterocycles. The van der Waals surface area contributed by atoms with Gasteiger partial charge < -0.3 is 5.32 Å². The van der Waals surface area contributed by atoms with Crippen molar-refractivity contribution in [1.29, 1.82) is 0 Å². The summed E-state index contributed by atoms with van der Waals surface area (Å²) in [6, 6.07) is 11.6. The van der Waals surface area contributed by atoms with Gasteiger partial charge in [-0.1, -0.05) is 53.5 Å². The number of carbonyl (C=O) groups excluding carboxylic acids is 1. The van der Waals surface area contributed by atoms with Crippen molar-refractivity contribution in [2.75, 3.05) is 18.1 Å². The largest absolute Gasteiger partial charge is 0.409 e. The number of fused-ring (bicyclic) bond motifs is 1. The van der Waals surface area contributed by atoms with Gasteiger partial charge in [-0.15, -0.1) is 0 Å². The zero-order valence-electron chi connectivity index (χ0n) is 20.7. The Labute approximate surface area is 242 Å². The molecule has 2 aliphatic rings. The van der Waals surface area contributed by atoms with Crippen LogP contribution in [0, 0.1) is 11.7 Å². The van der Waals surface area contributed by atoms with Crippen molar-refractivity contribution in [3.63, 3.8) is 0 Å². The van der Waals surface area contributed by atoms with Crippen molar-refractivity contribution in [3.05, 3.63) is 81.1 Å². The molecule has 1 aliphatic carbocycles. The molecule has 1 N–H and O–H groups in total. The monoisotopic (exact) mass is 632 g/mol. The van der Waals surface area contributed by atoms with Crippen molar-refractivity contribution < 1.29 is 30.8 Å². The van der Waals surface area contributed by atoms with Crippen LogP contribution in [-0.4, -0.2) is 44.3 Å². The molecule has 13 heteroatoms. The van der Waals surface area contributed by atoms with E-state index in [1.54, 1.807) is 24.3 Å². The van der Waals surface area contributed by atoms with Crippen molar-refractivity contribution in [1.82, 2.24) is 5.32 Å². The summed E-state index contributed by atoms with van der Waals surface area (Å²) in [5, 5.41) is 2.57. The third-order valence-corrected chi connectivity index (χ3v) is 10.6. The van der Waals surface area contributed by atoms with Gasteiger partial charge in [0.15, 0.2) is 20.4 Å². The molecule has 1 heterocycles. The predicted octanol–water partition coefficient (Wildman–Crippen LogP) is 7.14. The highest BCUT2D eigenvalue weighted by Gasteiger charge is 2.60. The van der Waals surface area contributed by atoms with Crippen LogP contribution in [0.3, 0.4) is 0 Å². The lowest BCUT2D eigenvalue weighted by atomic mass is 9.87. The maximum Gasteiger partial charge on any atom is 0.409 e. The van der Waals surface area contributed by atoms with E-state index < -0.39 is 49.0 Å². The minimum atomic E-state index is -4.79. The van der Waals surface area contributed by atoms with Crippen molar-refractivity contribution in [2.45, 2.75) is 30.2 Å². The summed E-state index contributed by atoms with van der Waals surface area (Å²) in [6.45, 7) is -0.0514. The summed E-state index contributed by atoms with van der Waals surface area (Å²) < 4.78 is 83.7. The molecule has 40 heavy (non-hydrogen) atoms. The van der Waals surface area contributed by atoms with Gasteiger partial charge in [-0.3, -0.25) is 4.79 Å². The van der Waals surface area contributed by atoms with E-state index in [1.807, 2.05) is 0 Å². The van der Waals surface area contributed by atoms with E-state index in [9.17, 15) is 30.8 Å². The van der Waals surface area contributed by atoms with Crippen molar-refractivity contribution in [3.8, 4) is 0 Å². The molecular formula is C27H22Cl2F4N2O3S2. The highest BCUT2D eigenvalue weighted by molar-refractivity contribution is 7.99. The number of nitrogens with one attached hydrogen (secondary N) is 1. The Morgan fingerprint density at radius 2 is 1.73 bits per heavy atom. The number of rotatable bonds is 8. The van der Waals surface area contributed by atoms with E-state index in [4.69, 9.17) is 23.2 Å². The lowest BCUT2D eigenvalue weighted by Crippen LogP contribution is -2.38. The number of halogens is 6. The van der Waals surface area contributed by atoms with Gasteiger partial charge in [0.2, 0.25) is 0 Å². The molecule has 1 saturated carbocycles. The number of nitrogens with zero attached hydrogens (tertiary/aromatic N) is 1. The van der Waals surface area contributed by atoms with Crippen LogP contribution in [0.2, 0.25) is 10.0 Å². The first-order chi connectivity index (χ1) is 18.8. The van der Waals surface area contributed by atoms with Gasteiger partial charge in [0, 0.05) is 24.1 Å². The lowest BCUT2D eigenvalue weighted by Gasteiger charge is -2.30. The third kappa shape index (κ3) is 5.70. The molecule has 5 rings (SSSR count). The van der Waals surface area contributed by atoms with Crippen LogP contribution in [0.15, 0.2) is 52.9 Å². The summed E-state index contributed by atoms with van der Waals surface area (Å²) in [4.78, 5) is 13.0. The minimum absolute atomic E-state index is 0.0514. The number of sulfone groups is 1. The number of alkyl halides is 3. The van der Waals surface area contributed by atoms with E-state index in [-0.39, 0.29) is 40.8 Å². The van der Waals surface area contributed by atoms with Crippen LogP contribution in [0.25, 0.3) is 10.8 Å². The van der Waals surface area contributed by atoms with Gasteiger partial charge in [0.05, 0.1) is 27.3 Å². The molecule has 1 amide bonds. The first-order valence-electron chi connectivity index (χ1n) is 12.3. The summed E-state index contributed by atoms with van der Waals surface area (Å²) in [5.41, 5.74) is 0.465. The quantitative estimate of drug-likeness (QED) is 0.163. The maximum atomic E-state index is 14.5. The SMILES string of the molecule is O=C(NCCS(=O)(=O)CC1CC1)c1ccc(C2=NSC(c3cc(Cl)c(F)c(Cl)c3)(C(F)(F)F)C2)c2ccccc12. The average molecular weight is 634 g/mol. The second kappa shape index (κ2) is 10.8. The topological polar surface area (TPSA) is 75.6 Å². The molecule has 3 aromatic carbocycles. The average Bonchev–Trinajstić information content (AvgIpc) is 3.56.